The average molecular weight is 235 g/mol. The van der Waals surface area contributed by atoms with Gasteiger partial charge in [0.05, 0.1) is 5.69 Å². The van der Waals surface area contributed by atoms with Crippen molar-refractivity contribution in [3.63, 3.8) is 0 Å². The zero-order chi connectivity index (χ0) is 12.7. The molecule has 1 N–H and O–H groups in total. The SMILES string of the molecule is CCNc1cccc(CN(CC)CC(C)C)n1. The number of hydrogen-bond donors (Lipinski definition) is 1. The van der Waals surface area contributed by atoms with Gasteiger partial charge in [0.1, 0.15) is 5.82 Å². The molecule has 0 spiro atoms. The maximum Gasteiger partial charge on any atom is 0.126 e. The van der Waals surface area contributed by atoms with Crippen LogP contribution in [0.4, 0.5) is 5.82 Å². The Bertz CT molecular complexity index is 323. The Hall–Kier alpha value is -1.09. The maximum atomic E-state index is 4.60. The molecule has 17 heavy (non-hydrogen) atoms. The average Bonchev–Trinajstić information content (AvgIpc) is 2.28. The number of rotatable bonds is 7. The summed E-state index contributed by atoms with van der Waals surface area (Å²) in [5.74, 6) is 1.68. The van der Waals surface area contributed by atoms with Crippen molar-refractivity contribution in [1.82, 2.24) is 9.88 Å². The predicted octanol–water partition coefficient (Wildman–Crippen LogP) is 2.99. The molecule has 0 aliphatic rings. The molecule has 1 heterocycles. The zero-order valence-electron chi connectivity index (χ0n) is 11.5. The fourth-order valence-corrected chi connectivity index (χ4v) is 1.90. The van der Waals surface area contributed by atoms with Gasteiger partial charge >= 0.3 is 0 Å². The summed E-state index contributed by atoms with van der Waals surface area (Å²) in [5.41, 5.74) is 1.14. The van der Waals surface area contributed by atoms with Gasteiger partial charge in [-0.25, -0.2) is 4.98 Å². The normalized spacial score (nSPS) is 11.2. The van der Waals surface area contributed by atoms with Crippen LogP contribution in [0, 0.1) is 5.92 Å². The smallest absolute Gasteiger partial charge is 0.126 e. The highest BCUT2D eigenvalue weighted by Crippen LogP contribution is 2.08. The number of anilines is 1. The molecule has 3 nitrogen and oxygen atoms in total. The van der Waals surface area contributed by atoms with Crippen LogP contribution >= 0.6 is 0 Å². The monoisotopic (exact) mass is 235 g/mol. The van der Waals surface area contributed by atoms with E-state index in [0.717, 1.165) is 37.7 Å². The van der Waals surface area contributed by atoms with Crippen LogP contribution in [0.15, 0.2) is 18.2 Å². The van der Waals surface area contributed by atoms with E-state index in [9.17, 15) is 0 Å². The van der Waals surface area contributed by atoms with Crippen molar-refractivity contribution >= 4 is 5.82 Å². The molecule has 0 fully saturated rings. The summed E-state index contributed by atoms with van der Waals surface area (Å²) >= 11 is 0. The summed E-state index contributed by atoms with van der Waals surface area (Å²) < 4.78 is 0. The largest absolute Gasteiger partial charge is 0.370 e. The van der Waals surface area contributed by atoms with Crippen LogP contribution in [-0.4, -0.2) is 29.5 Å². The van der Waals surface area contributed by atoms with Gasteiger partial charge < -0.3 is 5.32 Å². The summed E-state index contributed by atoms with van der Waals surface area (Å²) in [4.78, 5) is 7.04. The second-order valence-electron chi connectivity index (χ2n) is 4.77. The molecular weight excluding hydrogens is 210 g/mol. The molecule has 0 saturated heterocycles. The van der Waals surface area contributed by atoms with Crippen LogP contribution < -0.4 is 5.32 Å². The van der Waals surface area contributed by atoms with Crippen molar-refractivity contribution in [3.8, 4) is 0 Å². The quantitative estimate of drug-likeness (QED) is 0.787. The summed E-state index contributed by atoms with van der Waals surface area (Å²) in [6.45, 7) is 12.9. The predicted molar refractivity (Wildman–Crippen MR) is 74.2 cm³/mol. The van der Waals surface area contributed by atoms with Crippen molar-refractivity contribution in [2.24, 2.45) is 5.92 Å². The third-order valence-corrected chi connectivity index (χ3v) is 2.62. The Labute approximate surface area is 105 Å². The number of hydrogen-bond acceptors (Lipinski definition) is 3. The van der Waals surface area contributed by atoms with E-state index < -0.39 is 0 Å². The third kappa shape index (κ3) is 5.18. The zero-order valence-corrected chi connectivity index (χ0v) is 11.5. The Balaban J connectivity index is 2.62. The third-order valence-electron chi connectivity index (χ3n) is 2.62. The van der Waals surface area contributed by atoms with Gasteiger partial charge in [0.15, 0.2) is 0 Å². The van der Waals surface area contributed by atoms with Crippen molar-refractivity contribution in [3.05, 3.63) is 23.9 Å². The first-order chi connectivity index (χ1) is 8.15. The highest BCUT2D eigenvalue weighted by molar-refractivity contribution is 5.34. The van der Waals surface area contributed by atoms with Crippen LogP contribution in [0.1, 0.15) is 33.4 Å². The van der Waals surface area contributed by atoms with E-state index in [4.69, 9.17) is 0 Å². The van der Waals surface area contributed by atoms with Gasteiger partial charge in [0.2, 0.25) is 0 Å². The molecule has 3 heteroatoms. The van der Waals surface area contributed by atoms with E-state index in [2.05, 4.69) is 55.0 Å². The van der Waals surface area contributed by atoms with Crippen molar-refractivity contribution in [2.45, 2.75) is 34.2 Å². The standard InChI is InChI=1S/C14H25N3/c1-5-15-14-9-7-8-13(16-14)11-17(6-2)10-12(3)4/h7-9,12H,5-6,10-11H2,1-4H3,(H,15,16). The minimum atomic E-state index is 0.701. The maximum absolute atomic E-state index is 4.60. The van der Waals surface area contributed by atoms with Crippen molar-refractivity contribution < 1.29 is 0 Å². The van der Waals surface area contributed by atoms with E-state index in [1.165, 1.54) is 0 Å². The van der Waals surface area contributed by atoms with E-state index >= 15 is 0 Å². The first-order valence-corrected chi connectivity index (χ1v) is 6.57. The molecular formula is C14H25N3. The van der Waals surface area contributed by atoms with Gasteiger partial charge in [0, 0.05) is 19.6 Å². The molecule has 0 radical (unpaired) electrons. The number of pyridine rings is 1. The summed E-state index contributed by atoms with van der Waals surface area (Å²) in [6.07, 6.45) is 0. The molecule has 0 saturated carbocycles. The fourth-order valence-electron chi connectivity index (χ4n) is 1.90. The molecule has 96 valence electrons. The van der Waals surface area contributed by atoms with Crippen molar-refractivity contribution in [1.29, 1.82) is 0 Å². The second-order valence-corrected chi connectivity index (χ2v) is 4.77. The number of aromatic nitrogens is 1. The van der Waals surface area contributed by atoms with Crippen LogP contribution in [-0.2, 0) is 6.54 Å². The molecule has 0 aliphatic heterocycles. The van der Waals surface area contributed by atoms with Crippen LogP contribution in [0.25, 0.3) is 0 Å². The molecule has 0 amide bonds. The molecule has 1 aromatic heterocycles. The Kier molecular flexibility index (Phi) is 5.98. The highest BCUT2D eigenvalue weighted by atomic mass is 15.1. The summed E-state index contributed by atoms with van der Waals surface area (Å²) in [6, 6.07) is 6.19. The summed E-state index contributed by atoms with van der Waals surface area (Å²) in [7, 11) is 0. The van der Waals surface area contributed by atoms with E-state index in [1.807, 2.05) is 6.07 Å². The first kappa shape index (κ1) is 14.0. The fraction of sp³-hybridized carbons (Fsp3) is 0.643. The van der Waals surface area contributed by atoms with Crippen LogP contribution in [0.3, 0.4) is 0 Å². The van der Waals surface area contributed by atoms with Gasteiger partial charge in [-0.3, -0.25) is 4.90 Å². The number of nitrogens with one attached hydrogen (secondary N) is 1. The second kappa shape index (κ2) is 7.28. The molecule has 0 aromatic carbocycles. The first-order valence-electron chi connectivity index (χ1n) is 6.57. The van der Waals surface area contributed by atoms with E-state index in [-0.39, 0.29) is 0 Å². The van der Waals surface area contributed by atoms with Gasteiger partial charge in [-0.2, -0.15) is 0 Å². The van der Waals surface area contributed by atoms with Gasteiger partial charge in [-0.15, -0.1) is 0 Å². The molecule has 0 atom stereocenters. The summed E-state index contributed by atoms with van der Waals surface area (Å²) in [5, 5.41) is 3.25. The Morgan fingerprint density at radius 2 is 2.06 bits per heavy atom. The molecule has 1 aromatic rings. The van der Waals surface area contributed by atoms with Crippen LogP contribution in [0.5, 0.6) is 0 Å². The lowest BCUT2D eigenvalue weighted by Gasteiger charge is -2.22. The van der Waals surface area contributed by atoms with Gasteiger partial charge in [-0.1, -0.05) is 26.8 Å². The van der Waals surface area contributed by atoms with E-state index in [0.29, 0.717) is 5.92 Å². The number of nitrogens with zero attached hydrogens (tertiary/aromatic N) is 2. The minimum Gasteiger partial charge on any atom is -0.370 e. The van der Waals surface area contributed by atoms with Gasteiger partial charge in [-0.05, 0) is 31.5 Å². The topological polar surface area (TPSA) is 28.2 Å². The lowest BCUT2D eigenvalue weighted by Crippen LogP contribution is -2.27. The van der Waals surface area contributed by atoms with Crippen LogP contribution in [0.2, 0.25) is 0 Å². The minimum absolute atomic E-state index is 0.701. The van der Waals surface area contributed by atoms with E-state index in [1.54, 1.807) is 0 Å². The molecule has 0 aliphatic carbocycles. The molecule has 1 rings (SSSR count). The van der Waals surface area contributed by atoms with Gasteiger partial charge in [0.25, 0.3) is 0 Å². The van der Waals surface area contributed by atoms with Crippen molar-refractivity contribution in [2.75, 3.05) is 25.0 Å². The lowest BCUT2D eigenvalue weighted by atomic mass is 10.2. The molecule has 0 unspecified atom stereocenters. The Morgan fingerprint density at radius 3 is 2.65 bits per heavy atom. The Morgan fingerprint density at radius 1 is 1.29 bits per heavy atom. The lowest BCUT2D eigenvalue weighted by molar-refractivity contribution is 0.246. The highest BCUT2D eigenvalue weighted by Gasteiger charge is 2.07. The molecule has 0 bridgehead atoms.